The van der Waals surface area contributed by atoms with E-state index in [9.17, 15) is 0 Å². The van der Waals surface area contributed by atoms with Crippen LogP contribution in [-0.2, 0) is 0 Å². The summed E-state index contributed by atoms with van der Waals surface area (Å²) in [6, 6.07) is 15.6. The van der Waals surface area contributed by atoms with Crippen LogP contribution >= 0.6 is 0 Å². The zero-order chi connectivity index (χ0) is 18.2. The van der Waals surface area contributed by atoms with E-state index in [-0.39, 0.29) is 5.41 Å². The minimum Gasteiger partial charge on any atom is -0.0655 e. The van der Waals surface area contributed by atoms with Crippen molar-refractivity contribution in [2.45, 2.75) is 13.8 Å². The predicted octanol–water partition coefficient (Wildman–Crippen LogP) is 6.77. The van der Waals surface area contributed by atoms with Crippen molar-refractivity contribution in [1.82, 2.24) is 0 Å². The fourth-order valence-electron chi connectivity index (χ4n) is 5.19. The van der Waals surface area contributed by atoms with Gasteiger partial charge in [0.05, 0.1) is 5.41 Å². The van der Waals surface area contributed by atoms with Gasteiger partial charge in [-0.3, -0.25) is 0 Å². The van der Waals surface area contributed by atoms with Crippen molar-refractivity contribution in [3.8, 4) is 0 Å². The Balaban J connectivity index is 1.62. The van der Waals surface area contributed by atoms with Crippen LogP contribution in [0.3, 0.4) is 0 Å². The zero-order valence-corrected chi connectivity index (χ0v) is 15.6. The van der Waals surface area contributed by atoms with E-state index >= 15 is 0 Å². The monoisotopic (exact) mass is 344 g/mol. The van der Waals surface area contributed by atoms with Crippen molar-refractivity contribution < 1.29 is 0 Å². The molecule has 0 saturated carbocycles. The van der Waals surface area contributed by atoms with Crippen molar-refractivity contribution in [3.63, 3.8) is 0 Å². The van der Waals surface area contributed by atoms with Crippen molar-refractivity contribution in [2.24, 2.45) is 5.41 Å². The van der Waals surface area contributed by atoms with E-state index in [1.807, 2.05) is 0 Å². The van der Waals surface area contributed by atoms with E-state index in [1.165, 1.54) is 55.7 Å². The van der Waals surface area contributed by atoms with Gasteiger partial charge in [-0.25, -0.2) is 0 Å². The Bertz CT molecular complexity index is 1220. The van der Waals surface area contributed by atoms with Crippen LogP contribution in [0.2, 0.25) is 0 Å². The van der Waals surface area contributed by atoms with E-state index < -0.39 is 0 Å². The second-order valence-electron chi connectivity index (χ2n) is 7.97. The van der Waals surface area contributed by atoms with E-state index in [2.05, 4.69) is 98.8 Å². The first-order valence-corrected chi connectivity index (χ1v) is 9.62. The Morgan fingerprint density at radius 3 is 2.33 bits per heavy atom. The normalized spacial score (nSPS) is 23.6. The largest absolute Gasteiger partial charge is 0.0655 e. The molecule has 1 unspecified atom stereocenters. The molecule has 0 fully saturated rings. The topological polar surface area (TPSA) is 0 Å². The van der Waals surface area contributed by atoms with E-state index in [0.29, 0.717) is 0 Å². The summed E-state index contributed by atoms with van der Waals surface area (Å²) in [7, 11) is 0. The summed E-state index contributed by atoms with van der Waals surface area (Å²) in [6.07, 6.45) is 16.4. The molecule has 2 aromatic carbocycles. The lowest BCUT2D eigenvalue weighted by Crippen LogP contribution is -2.28. The molecule has 4 aliphatic rings. The van der Waals surface area contributed by atoms with Crippen LogP contribution in [0, 0.1) is 12.3 Å². The second kappa shape index (κ2) is 4.98. The van der Waals surface area contributed by atoms with Gasteiger partial charge in [-0.15, -0.1) is 0 Å². The lowest BCUT2D eigenvalue weighted by molar-refractivity contribution is 0.696. The summed E-state index contributed by atoms with van der Waals surface area (Å²) in [4.78, 5) is 0. The van der Waals surface area contributed by atoms with Crippen LogP contribution < -0.4 is 0 Å². The Hall–Kier alpha value is -3.12. The first kappa shape index (κ1) is 15.0. The Morgan fingerprint density at radius 2 is 1.44 bits per heavy atom. The molecule has 27 heavy (non-hydrogen) atoms. The Morgan fingerprint density at radius 1 is 0.704 bits per heavy atom. The molecule has 0 aliphatic heterocycles. The van der Waals surface area contributed by atoms with Crippen LogP contribution in [0.1, 0.15) is 34.7 Å². The molecule has 0 nitrogen and oxygen atoms in total. The lowest BCUT2D eigenvalue weighted by atomic mass is 9.62. The summed E-state index contributed by atoms with van der Waals surface area (Å²) in [5.74, 6) is 0. The number of fused-ring (bicyclic) bond motifs is 8. The van der Waals surface area contributed by atoms with Crippen molar-refractivity contribution >= 4 is 23.3 Å². The standard InChI is InChI=1S/C27H20/c1-17-9-11-22-20(14-17)16-26-24(22)12-10-18(2)27(26)13-5-8-23-21-7-4-3-6-19(21)15-25(23)27/h3-16H,1-2H3. The highest BCUT2D eigenvalue weighted by atomic mass is 14.5. The zero-order valence-electron chi connectivity index (χ0n) is 15.6. The number of hydrogen-bond acceptors (Lipinski definition) is 0. The molecule has 0 saturated heterocycles. The second-order valence-corrected chi connectivity index (χ2v) is 7.97. The van der Waals surface area contributed by atoms with E-state index in [4.69, 9.17) is 0 Å². The molecule has 0 heterocycles. The molecule has 0 amide bonds. The maximum Gasteiger partial charge on any atom is 0.0607 e. The molecule has 2 aromatic rings. The van der Waals surface area contributed by atoms with Gasteiger partial charge in [0.15, 0.2) is 0 Å². The summed E-state index contributed by atoms with van der Waals surface area (Å²) in [6.45, 7) is 4.45. The van der Waals surface area contributed by atoms with Crippen LogP contribution in [0.4, 0.5) is 0 Å². The van der Waals surface area contributed by atoms with Gasteiger partial charge >= 0.3 is 0 Å². The van der Waals surface area contributed by atoms with Crippen molar-refractivity contribution in [3.05, 3.63) is 117 Å². The van der Waals surface area contributed by atoms with Crippen LogP contribution in [0.25, 0.3) is 23.3 Å². The number of benzene rings is 2. The molecule has 4 aliphatic carbocycles. The first-order valence-electron chi connectivity index (χ1n) is 9.62. The molecule has 128 valence electrons. The summed E-state index contributed by atoms with van der Waals surface area (Å²) in [5.41, 5.74) is 13.5. The van der Waals surface area contributed by atoms with E-state index in [1.54, 1.807) is 0 Å². The molecular formula is C27H20. The average Bonchev–Trinajstić information content (AvgIpc) is 3.24. The molecular weight excluding hydrogens is 324 g/mol. The van der Waals surface area contributed by atoms with Crippen LogP contribution in [-0.4, -0.2) is 0 Å². The van der Waals surface area contributed by atoms with Gasteiger partial charge < -0.3 is 0 Å². The quantitative estimate of drug-likeness (QED) is 0.494. The molecule has 0 heteroatoms. The molecule has 0 N–H and O–H groups in total. The molecule has 0 radical (unpaired) electrons. The van der Waals surface area contributed by atoms with Gasteiger partial charge in [0.1, 0.15) is 0 Å². The average molecular weight is 344 g/mol. The lowest BCUT2D eigenvalue weighted by Gasteiger charge is -2.40. The van der Waals surface area contributed by atoms with Gasteiger partial charge in [-0.05, 0) is 70.5 Å². The van der Waals surface area contributed by atoms with Crippen LogP contribution in [0.5, 0.6) is 0 Å². The van der Waals surface area contributed by atoms with Crippen molar-refractivity contribution in [2.75, 3.05) is 0 Å². The highest BCUT2D eigenvalue weighted by Gasteiger charge is 2.46. The third-order valence-electron chi connectivity index (χ3n) is 6.51. The predicted molar refractivity (Wildman–Crippen MR) is 115 cm³/mol. The Kier molecular flexibility index (Phi) is 2.77. The maximum absolute atomic E-state index is 2.42. The fourth-order valence-corrected chi connectivity index (χ4v) is 5.19. The number of rotatable bonds is 0. The van der Waals surface area contributed by atoms with Crippen LogP contribution in [0.15, 0.2) is 89.6 Å². The number of aryl methyl sites for hydroxylation is 1. The summed E-state index contributed by atoms with van der Waals surface area (Å²) >= 11 is 0. The third kappa shape index (κ3) is 1.78. The van der Waals surface area contributed by atoms with Gasteiger partial charge in [0.25, 0.3) is 0 Å². The molecule has 1 atom stereocenters. The summed E-state index contributed by atoms with van der Waals surface area (Å²) < 4.78 is 0. The fraction of sp³-hybridized carbons (Fsp3) is 0.111. The van der Waals surface area contributed by atoms with Gasteiger partial charge in [0, 0.05) is 0 Å². The van der Waals surface area contributed by atoms with Gasteiger partial charge in [0.2, 0.25) is 0 Å². The minimum atomic E-state index is -0.167. The highest BCUT2D eigenvalue weighted by molar-refractivity contribution is 6.05. The minimum absolute atomic E-state index is 0.167. The van der Waals surface area contributed by atoms with Gasteiger partial charge in [-0.2, -0.15) is 0 Å². The molecule has 0 bridgehead atoms. The Labute approximate surface area is 160 Å². The molecule has 6 rings (SSSR count). The molecule has 0 aromatic heterocycles. The number of hydrogen-bond donors (Lipinski definition) is 0. The third-order valence-corrected chi connectivity index (χ3v) is 6.51. The van der Waals surface area contributed by atoms with E-state index in [0.717, 1.165) is 0 Å². The van der Waals surface area contributed by atoms with Crippen molar-refractivity contribution in [1.29, 1.82) is 0 Å². The maximum atomic E-state index is 2.42. The summed E-state index contributed by atoms with van der Waals surface area (Å²) in [5, 5.41) is 0. The number of allylic oxidation sites excluding steroid dienone is 10. The van der Waals surface area contributed by atoms with Gasteiger partial charge in [-0.1, -0.05) is 84.0 Å². The smallest absolute Gasteiger partial charge is 0.0607 e. The SMILES string of the molecule is CC1=CC=C2C(=Cc3cc(C)ccc32)C12C=CC=C1C2=Cc2ccccc21. The highest BCUT2D eigenvalue weighted by Crippen LogP contribution is 2.61. The first-order chi connectivity index (χ1) is 13.2. The molecule has 1 spiro atoms.